The third kappa shape index (κ3) is 3.37. The Labute approximate surface area is 95.2 Å². The summed E-state index contributed by atoms with van der Waals surface area (Å²) in [7, 11) is 0. The van der Waals surface area contributed by atoms with Gasteiger partial charge in [0, 0.05) is 0 Å². The zero-order valence-corrected chi connectivity index (χ0v) is 9.01. The summed E-state index contributed by atoms with van der Waals surface area (Å²) in [5.41, 5.74) is 2.39. The highest BCUT2D eigenvalue weighted by atomic mass is 35.5. The second-order valence-electron chi connectivity index (χ2n) is 3.29. The average Bonchev–Trinajstić information content (AvgIpc) is 2.23. The molecule has 0 nitrogen and oxygen atoms in total. The molecule has 0 bridgehead atoms. The molecule has 78 valence electrons. The lowest BCUT2D eigenvalue weighted by Gasteiger charge is -2.00. The van der Waals surface area contributed by atoms with Crippen LogP contribution in [0, 0.1) is 5.82 Å². The molecule has 0 aliphatic carbocycles. The van der Waals surface area contributed by atoms with Gasteiger partial charge in [0.1, 0.15) is 5.82 Å². The molecule has 0 aliphatic rings. The van der Waals surface area contributed by atoms with E-state index >= 15 is 0 Å². The van der Waals surface area contributed by atoms with Crippen LogP contribution >= 0.6 is 12.4 Å². The number of rotatable bonds is 2. The maximum Gasteiger partial charge on any atom is 0.123 e. The molecular weight excluding hydrogens is 211 g/mol. The number of halogens is 2. The van der Waals surface area contributed by atoms with E-state index in [2.05, 4.69) is 12.1 Å². The summed E-state index contributed by atoms with van der Waals surface area (Å²) < 4.78 is 12.6. The first kappa shape index (κ1) is 11.7. The van der Waals surface area contributed by atoms with Crippen LogP contribution in [0.25, 0.3) is 0 Å². The minimum absolute atomic E-state index is 0. The van der Waals surface area contributed by atoms with Gasteiger partial charge in [0.05, 0.1) is 0 Å². The van der Waals surface area contributed by atoms with Crippen molar-refractivity contribution in [2.24, 2.45) is 0 Å². The van der Waals surface area contributed by atoms with Crippen molar-refractivity contribution in [2.75, 3.05) is 0 Å². The van der Waals surface area contributed by atoms with Gasteiger partial charge in [0.15, 0.2) is 0 Å². The molecule has 0 atom stereocenters. The summed E-state index contributed by atoms with van der Waals surface area (Å²) in [6, 6.07) is 16.8. The van der Waals surface area contributed by atoms with Crippen LogP contribution in [0.2, 0.25) is 0 Å². The third-order valence-electron chi connectivity index (χ3n) is 2.16. The normalized spacial score (nSPS) is 9.40. The topological polar surface area (TPSA) is 0 Å². The van der Waals surface area contributed by atoms with Crippen molar-refractivity contribution in [2.45, 2.75) is 6.42 Å². The Morgan fingerprint density at radius 1 is 0.733 bits per heavy atom. The minimum Gasteiger partial charge on any atom is -0.207 e. The van der Waals surface area contributed by atoms with Gasteiger partial charge in [0.25, 0.3) is 0 Å². The monoisotopic (exact) mass is 222 g/mol. The van der Waals surface area contributed by atoms with E-state index in [0.717, 1.165) is 12.0 Å². The summed E-state index contributed by atoms with van der Waals surface area (Å²) >= 11 is 0. The Morgan fingerprint density at radius 2 is 1.27 bits per heavy atom. The quantitative estimate of drug-likeness (QED) is 0.724. The van der Waals surface area contributed by atoms with Gasteiger partial charge in [-0.05, 0) is 29.7 Å². The van der Waals surface area contributed by atoms with E-state index in [1.165, 1.54) is 17.7 Å². The molecule has 0 saturated carbocycles. The molecule has 0 N–H and O–H groups in total. The van der Waals surface area contributed by atoms with Crippen molar-refractivity contribution in [1.82, 2.24) is 0 Å². The summed E-state index contributed by atoms with van der Waals surface area (Å²) in [4.78, 5) is 0. The van der Waals surface area contributed by atoms with E-state index in [4.69, 9.17) is 0 Å². The van der Waals surface area contributed by atoms with Crippen LogP contribution in [-0.2, 0) is 6.42 Å². The Hall–Kier alpha value is -1.34. The molecule has 15 heavy (non-hydrogen) atoms. The SMILES string of the molecule is Cl.Fc1ccc(Cc2ccccc2)cc1. The Morgan fingerprint density at radius 3 is 1.87 bits per heavy atom. The fourth-order valence-corrected chi connectivity index (χ4v) is 1.43. The van der Waals surface area contributed by atoms with Gasteiger partial charge < -0.3 is 0 Å². The van der Waals surface area contributed by atoms with Crippen LogP contribution in [-0.4, -0.2) is 0 Å². The maximum atomic E-state index is 12.6. The second-order valence-corrected chi connectivity index (χ2v) is 3.29. The maximum absolute atomic E-state index is 12.6. The molecule has 0 aliphatic heterocycles. The predicted molar refractivity (Wildman–Crippen MR) is 62.9 cm³/mol. The lowest BCUT2D eigenvalue weighted by molar-refractivity contribution is 0.627. The lowest BCUT2D eigenvalue weighted by atomic mass is 10.1. The van der Waals surface area contributed by atoms with Crippen LogP contribution in [0.3, 0.4) is 0 Å². The summed E-state index contributed by atoms with van der Waals surface area (Å²) in [6.07, 6.45) is 0.862. The molecule has 2 heteroatoms. The lowest BCUT2D eigenvalue weighted by Crippen LogP contribution is -1.87. The molecule has 2 aromatic carbocycles. The van der Waals surface area contributed by atoms with Crippen molar-refractivity contribution in [3.05, 3.63) is 71.5 Å². The van der Waals surface area contributed by atoms with E-state index in [0.29, 0.717) is 0 Å². The highest BCUT2D eigenvalue weighted by molar-refractivity contribution is 5.85. The average molecular weight is 223 g/mol. The third-order valence-corrected chi connectivity index (χ3v) is 2.16. The minimum atomic E-state index is -0.179. The molecule has 0 unspecified atom stereocenters. The van der Waals surface area contributed by atoms with E-state index in [9.17, 15) is 4.39 Å². The highest BCUT2D eigenvalue weighted by Crippen LogP contribution is 2.09. The molecule has 0 fully saturated rings. The standard InChI is InChI=1S/C13H11F.ClH/c14-13-8-6-12(7-9-13)10-11-4-2-1-3-5-11;/h1-9H,10H2;1H. The van der Waals surface area contributed by atoms with E-state index in [1.54, 1.807) is 0 Å². The Kier molecular flexibility index (Phi) is 4.32. The van der Waals surface area contributed by atoms with Crippen LogP contribution < -0.4 is 0 Å². The van der Waals surface area contributed by atoms with Crippen molar-refractivity contribution in [3.63, 3.8) is 0 Å². The molecular formula is C13H12ClF. The van der Waals surface area contributed by atoms with Gasteiger partial charge in [-0.15, -0.1) is 12.4 Å². The number of hydrogen-bond acceptors (Lipinski definition) is 0. The van der Waals surface area contributed by atoms with Gasteiger partial charge in [-0.3, -0.25) is 0 Å². The molecule has 0 spiro atoms. The zero-order valence-electron chi connectivity index (χ0n) is 8.19. The summed E-state index contributed by atoms with van der Waals surface area (Å²) in [5.74, 6) is -0.179. The Bertz CT molecular complexity index is 395. The van der Waals surface area contributed by atoms with Crippen LogP contribution in [0.5, 0.6) is 0 Å². The number of benzene rings is 2. The largest absolute Gasteiger partial charge is 0.207 e. The number of hydrogen-bond donors (Lipinski definition) is 0. The van der Waals surface area contributed by atoms with Crippen LogP contribution in [0.15, 0.2) is 54.6 Å². The fraction of sp³-hybridized carbons (Fsp3) is 0.0769. The molecule has 0 amide bonds. The van der Waals surface area contributed by atoms with Crippen molar-refractivity contribution < 1.29 is 4.39 Å². The molecule has 0 radical (unpaired) electrons. The Balaban J connectivity index is 0.00000112. The van der Waals surface area contributed by atoms with Gasteiger partial charge >= 0.3 is 0 Å². The zero-order chi connectivity index (χ0) is 9.80. The molecule has 0 heterocycles. The first-order chi connectivity index (χ1) is 6.84. The summed E-state index contributed by atoms with van der Waals surface area (Å²) in [6.45, 7) is 0. The predicted octanol–water partition coefficient (Wildman–Crippen LogP) is 3.84. The van der Waals surface area contributed by atoms with Crippen molar-refractivity contribution in [1.29, 1.82) is 0 Å². The van der Waals surface area contributed by atoms with Crippen LogP contribution in [0.4, 0.5) is 4.39 Å². The van der Waals surface area contributed by atoms with Gasteiger partial charge in [-0.25, -0.2) is 4.39 Å². The van der Waals surface area contributed by atoms with Gasteiger partial charge in [-0.2, -0.15) is 0 Å². The van der Waals surface area contributed by atoms with E-state index in [-0.39, 0.29) is 18.2 Å². The molecule has 2 rings (SSSR count). The van der Waals surface area contributed by atoms with E-state index in [1.807, 2.05) is 30.3 Å². The first-order valence-corrected chi connectivity index (χ1v) is 4.63. The molecule has 0 aromatic heterocycles. The molecule has 2 aromatic rings. The smallest absolute Gasteiger partial charge is 0.123 e. The van der Waals surface area contributed by atoms with Crippen molar-refractivity contribution >= 4 is 12.4 Å². The summed E-state index contributed by atoms with van der Waals surface area (Å²) in [5, 5.41) is 0. The fourth-order valence-electron chi connectivity index (χ4n) is 1.43. The molecule has 0 saturated heterocycles. The van der Waals surface area contributed by atoms with Gasteiger partial charge in [-0.1, -0.05) is 42.5 Å². The van der Waals surface area contributed by atoms with Crippen molar-refractivity contribution in [3.8, 4) is 0 Å². The first-order valence-electron chi connectivity index (χ1n) is 4.63. The second kappa shape index (κ2) is 5.52. The van der Waals surface area contributed by atoms with Gasteiger partial charge in [0.2, 0.25) is 0 Å². The highest BCUT2D eigenvalue weighted by Gasteiger charge is 1.95. The van der Waals surface area contributed by atoms with E-state index < -0.39 is 0 Å². The van der Waals surface area contributed by atoms with Crippen LogP contribution in [0.1, 0.15) is 11.1 Å².